The van der Waals surface area contributed by atoms with Gasteiger partial charge in [-0.1, -0.05) is 0 Å². The van der Waals surface area contributed by atoms with Crippen LogP contribution in [0.2, 0.25) is 0 Å². The molecule has 0 N–H and O–H groups in total. The third kappa shape index (κ3) is 2.61. The molecule has 1 amide bonds. The number of rotatable bonds is 5. The van der Waals surface area contributed by atoms with Gasteiger partial charge < -0.3 is 4.74 Å². The zero-order chi connectivity index (χ0) is 13.7. The third-order valence-electron chi connectivity index (χ3n) is 1.91. The zero-order valence-electron chi connectivity index (χ0n) is 9.15. The molecule has 0 saturated heterocycles. The quantitative estimate of drug-likeness (QED) is 0.258. The third-order valence-corrected chi connectivity index (χ3v) is 3.04. The summed E-state index contributed by atoms with van der Waals surface area (Å²) in [6.07, 6.45) is 0.325. The normalized spacial score (nSPS) is 9.33. The van der Waals surface area contributed by atoms with Crippen molar-refractivity contribution in [2.75, 3.05) is 18.6 Å². The van der Waals surface area contributed by atoms with Gasteiger partial charge in [-0.15, -0.1) is 0 Å². The Labute approximate surface area is 105 Å². The summed E-state index contributed by atoms with van der Waals surface area (Å²) in [7, 11) is 1.12. The van der Waals surface area contributed by atoms with E-state index in [9.17, 15) is 19.7 Å². The highest BCUT2D eigenvalue weighted by Crippen LogP contribution is 2.36. The molecule has 0 radical (unpaired) electrons. The van der Waals surface area contributed by atoms with Crippen LogP contribution < -0.4 is 4.90 Å². The zero-order valence-corrected chi connectivity index (χ0v) is 9.97. The molecule has 0 bridgehead atoms. The number of nitro groups is 1. The molecule has 18 heavy (non-hydrogen) atoms. The second kappa shape index (κ2) is 5.74. The Morgan fingerprint density at radius 3 is 2.89 bits per heavy atom. The Balaban J connectivity index is 3.31. The summed E-state index contributed by atoms with van der Waals surface area (Å²) in [5, 5.41) is 18.9. The van der Waals surface area contributed by atoms with Gasteiger partial charge in [0.25, 0.3) is 0 Å². The maximum atomic E-state index is 11.4. The molecule has 9 heteroatoms. The van der Waals surface area contributed by atoms with Gasteiger partial charge in [0, 0.05) is 6.07 Å². The monoisotopic (exact) mass is 269 g/mol. The Bertz CT molecular complexity index is 533. The van der Waals surface area contributed by atoms with Gasteiger partial charge in [0.15, 0.2) is 0 Å². The van der Waals surface area contributed by atoms with Crippen LogP contribution in [0.1, 0.15) is 10.4 Å². The molecule has 0 spiro atoms. The largest absolute Gasteiger partial charge is 0.465 e. The number of methoxy groups -OCH3 is 1. The van der Waals surface area contributed by atoms with Crippen LogP contribution in [0.3, 0.4) is 0 Å². The lowest BCUT2D eigenvalue weighted by molar-refractivity contribution is -0.380. The summed E-state index contributed by atoms with van der Waals surface area (Å²) >= 11 is 0.628. The van der Waals surface area contributed by atoms with E-state index in [2.05, 4.69) is 4.74 Å². The maximum absolute atomic E-state index is 11.4. The van der Waals surface area contributed by atoms with E-state index >= 15 is 0 Å². The SMILES string of the molecule is COC(=O)c1cc([N+](=O)[O-])sc1N(C=O)CC#N. The highest BCUT2D eigenvalue weighted by Gasteiger charge is 2.25. The predicted molar refractivity (Wildman–Crippen MR) is 61.3 cm³/mol. The molecule has 0 unspecified atom stereocenters. The number of thiophene rings is 1. The molecule has 0 atom stereocenters. The van der Waals surface area contributed by atoms with Crippen molar-refractivity contribution in [3.05, 3.63) is 21.7 Å². The summed E-state index contributed by atoms with van der Waals surface area (Å²) < 4.78 is 4.46. The highest BCUT2D eigenvalue weighted by molar-refractivity contribution is 7.19. The molecule has 0 aliphatic rings. The average Bonchev–Trinajstić information content (AvgIpc) is 2.79. The number of carbonyl (C=O) groups is 2. The van der Waals surface area contributed by atoms with Gasteiger partial charge in [0.2, 0.25) is 6.41 Å². The van der Waals surface area contributed by atoms with Gasteiger partial charge in [0.05, 0.1) is 18.1 Å². The van der Waals surface area contributed by atoms with E-state index < -0.39 is 10.9 Å². The number of hydrogen-bond acceptors (Lipinski definition) is 7. The van der Waals surface area contributed by atoms with E-state index in [-0.39, 0.29) is 22.1 Å². The molecule has 0 aliphatic heterocycles. The fourth-order valence-corrected chi connectivity index (χ4v) is 2.09. The molecule has 1 heterocycles. The predicted octanol–water partition coefficient (Wildman–Crippen LogP) is 0.929. The average molecular weight is 269 g/mol. The summed E-state index contributed by atoms with van der Waals surface area (Å²) in [4.78, 5) is 33.1. The number of anilines is 1. The Morgan fingerprint density at radius 2 is 2.44 bits per heavy atom. The van der Waals surface area contributed by atoms with Gasteiger partial charge in [0.1, 0.15) is 17.1 Å². The van der Waals surface area contributed by atoms with Crippen LogP contribution in [0.4, 0.5) is 10.0 Å². The van der Waals surface area contributed by atoms with Crippen molar-refractivity contribution in [1.82, 2.24) is 0 Å². The topological polar surface area (TPSA) is 114 Å². The lowest BCUT2D eigenvalue weighted by Crippen LogP contribution is -2.22. The molecule has 8 nitrogen and oxygen atoms in total. The summed E-state index contributed by atoms with van der Waals surface area (Å²) in [6, 6.07) is 2.73. The number of ether oxygens (including phenoxy) is 1. The number of nitriles is 1. The van der Waals surface area contributed by atoms with Crippen LogP contribution >= 0.6 is 11.3 Å². The minimum absolute atomic E-state index is 0.0186. The van der Waals surface area contributed by atoms with Crippen molar-refractivity contribution < 1.29 is 19.2 Å². The van der Waals surface area contributed by atoms with Gasteiger partial charge in [-0.2, -0.15) is 5.26 Å². The molecular weight excluding hydrogens is 262 g/mol. The fraction of sp³-hybridized carbons (Fsp3) is 0.222. The van der Waals surface area contributed by atoms with Gasteiger partial charge in [-0.25, -0.2) is 4.79 Å². The fourth-order valence-electron chi connectivity index (χ4n) is 1.16. The minimum atomic E-state index is -0.806. The van der Waals surface area contributed by atoms with Gasteiger partial charge >= 0.3 is 11.0 Å². The van der Waals surface area contributed by atoms with Crippen LogP contribution in [-0.2, 0) is 9.53 Å². The molecule has 94 valence electrons. The smallest absolute Gasteiger partial charge is 0.341 e. The van der Waals surface area contributed by atoms with Crippen molar-refractivity contribution >= 4 is 33.7 Å². The van der Waals surface area contributed by atoms with Crippen LogP contribution in [0.15, 0.2) is 6.07 Å². The second-order valence-corrected chi connectivity index (χ2v) is 3.95. The number of carbonyl (C=O) groups excluding carboxylic acids is 2. The van der Waals surface area contributed by atoms with Crippen LogP contribution in [0.25, 0.3) is 0 Å². The number of hydrogen-bond donors (Lipinski definition) is 0. The Morgan fingerprint density at radius 1 is 1.78 bits per heavy atom. The molecule has 0 aromatic carbocycles. The van der Waals surface area contributed by atoms with E-state index in [4.69, 9.17) is 5.26 Å². The van der Waals surface area contributed by atoms with Crippen LogP contribution in [-0.4, -0.2) is 31.0 Å². The Kier molecular flexibility index (Phi) is 4.33. The molecule has 0 fully saturated rings. The van der Waals surface area contributed by atoms with Crippen molar-refractivity contribution in [2.24, 2.45) is 0 Å². The second-order valence-electron chi connectivity index (χ2n) is 2.94. The van der Waals surface area contributed by atoms with E-state index in [1.807, 2.05) is 0 Å². The van der Waals surface area contributed by atoms with Crippen LogP contribution in [0, 0.1) is 21.4 Å². The van der Waals surface area contributed by atoms with E-state index in [1.165, 1.54) is 0 Å². The van der Waals surface area contributed by atoms with Crippen molar-refractivity contribution in [2.45, 2.75) is 0 Å². The molecule has 0 aliphatic carbocycles. The molecular formula is C9H7N3O5S. The minimum Gasteiger partial charge on any atom is -0.465 e. The first kappa shape index (κ1) is 13.6. The lowest BCUT2D eigenvalue weighted by atomic mass is 10.3. The van der Waals surface area contributed by atoms with Gasteiger partial charge in [-0.05, 0) is 11.3 Å². The number of amides is 1. The summed E-state index contributed by atoms with van der Waals surface area (Å²) in [6.45, 7) is -0.314. The van der Waals surface area contributed by atoms with Crippen molar-refractivity contribution in [3.8, 4) is 6.07 Å². The maximum Gasteiger partial charge on any atom is 0.341 e. The first-order valence-electron chi connectivity index (χ1n) is 4.50. The molecule has 1 aromatic rings. The summed E-state index contributed by atoms with van der Waals surface area (Å²) in [5.74, 6) is -0.806. The van der Waals surface area contributed by atoms with E-state index in [0.29, 0.717) is 17.7 Å². The lowest BCUT2D eigenvalue weighted by Gasteiger charge is -2.11. The first-order chi connectivity index (χ1) is 8.54. The first-order valence-corrected chi connectivity index (χ1v) is 5.32. The number of nitrogens with zero attached hydrogens (tertiary/aromatic N) is 3. The molecule has 1 rings (SSSR count). The highest BCUT2D eigenvalue weighted by atomic mass is 32.1. The number of esters is 1. The Hall–Kier alpha value is -2.47. The van der Waals surface area contributed by atoms with E-state index in [1.54, 1.807) is 6.07 Å². The van der Waals surface area contributed by atoms with Crippen LogP contribution in [0.5, 0.6) is 0 Å². The molecule has 1 aromatic heterocycles. The molecule has 0 saturated carbocycles. The van der Waals surface area contributed by atoms with E-state index in [0.717, 1.165) is 18.1 Å². The van der Waals surface area contributed by atoms with Crippen molar-refractivity contribution in [3.63, 3.8) is 0 Å². The van der Waals surface area contributed by atoms with Crippen molar-refractivity contribution in [1.29, 1.82) is 5.26 Å². The van der Waals surface area contributed by atoms with Gasteiger partial charge in [-0.3, -0.25) is 19.8 Å². The summed E-state index contributed by atoms with van der Waals surface area (Å²) in [5.41, 5.74) is -0.114. The standard InChI is InChI=1S/C9H7N3O5S/c1-17-9(14)6-4-7(12(15)16)18-8(6)11(5-13)3-2-10/h4-5H,3H2,1H3.